The number of benzene rings is 1. The van der Waals surface area contributed by atoms with Crippen molar-refractivity contribution in [2.75, 3.05) is 58.5 Å². The van der Waals surface area contributed by atoms with Gasteiger partial charge in [-0.15, -0.1) is 12.4 Å². The highest BCUT2D eigenvalue weighted by Crippen LogP contribution is 2.40. The van der Waals surface area contributed by atoms with Crippen LogP contribution in [0, 0.1) is 0 Å². The average molecular weight is 455 g/mol. The van der Waals surface area contributed by atoms with Crippen LogP contribution in [0.1, 0.15) is 10.6 Å². The first-order valence-electron chi connectivity index (χ1n) is 9.25. The SMILES string of the molecule is COc1ccc(OC)c2sc(N(CCN3CCOCC3)C(=O)c3ccno3)nc12.Cl. The molecular formula is C19H23ClN4O5S. The third-order valence-electron chi connectivity index (χ3n) is 4.77. The number of anilines is 1. The zero-order valence-corrected chi connectivity index (χ0v) is 18.3. The molecule has 162 valence electrons. The third kappa shape index (κ3) is 4.51. The van der Waals surface area contributed by atoms with E-state index < -0.39 is 0 Å². The maximum atomic E-state index is 13.1. The van der Waals surface area contributed by atoms with Gasteiger partial charge in [0.15, 0.2) is 5.13 Å². The molecule has 0 N–H and O–H groups in total. The van der Waals surface area contributed by atoms with E-state index in [-0.39, 0.29) is 24.1 Å². The molecule has 3 heterocycles. The summed E-state index contributed by atoms with van der Waals surface area (Å²) in [4.78, 5) is 21.7. The second-order valence-electron chi connectivity index (χ2n) is 6.43. The van der Waals surface area contributed by atoms with E-state index in [4.69, 9.17) is 23.7 Å². The summed E-state index contributed by atoms with van der Waals surface area (Å²) in [5.41, 5.74) is 0.661. The van der Waals surface area contributed by atoms with Gasteiger partial charge in [-0.05, 0) is 12.1 Å². The molecule has 4 rings (SSSR count). The van der Waals surface area contributed by atoms with Crippen LogP contribution < -0.4 is 14.4 Å². The van der Waals surface area contributed by atoms with Crippen LogP contribution in [0.2, 0.25) is 0 Å². The zero-order valence-electron chi connectivity index (χ0n) is 16.7. The summed E-state index contributed by atoms with van der Waals surface area (Å²) >= 11 is 1.38. The standard InChI is InChI=1S/C19H22N4O5S.ClH/c1-25-13-3-4-14(26-2)17-16(13)21-19(29-17)23(18(24)15-5-6-20-28-15)8-7-22-9-11-27-12-10-22;/h3-6H,7-12H2,1-2H3;1H. The Morgan fingerprint density at radius 3 is 2.60 bits per heavy atom. The van der Waals surface area contributed by atoms with Crippen LogP contribution in [-0.2, 0) is 4.74 Å². The molecule has 0 atom stereocenters. The lowest BCUT2D eigenvalue weighted by Gasteiger charge is -2.28. The van der Waals surface area contributed by atoms with E-state index in [1.165, 1.54) is 17.5 Å². The van der Waals surface area contributed by atoms with Gasteiger partial charge in [0.1, 0.15) is 21.7 Å². The van der Waals surface area contributed by atoms with Crippen molar-refractivity contribution >= 4 is 45.0 Å². The van der Waals surface area contributed by atoms with Gasteiger partial charge in [-0.1, -0.05) is 16.5 Å². The molecule has 2 aromatic heterocycles. The van der Waals surface area contributed by atoms with Gasteiger partial charge >= 0.3 is 0 Å². The molecule has 1 aromatic carbocycles. The number of ether oxygens (including phenoxy) is 3. The largest absolute Gasteiger partial charge is 0.495 e. The van der Waals surface area contributed by atoms with Crippen molar-refractivity contribution in [3.63, 3.8) is 0 Å². The minimum atomic E-state index is -0.284. The molecule has 0 aliphatic carbocycles. The fourth-order valence-corrected chi connectivity index (χ4v) is 4.30. The Kier molecular flexibility index (Phi) is 7.48. The Morgan fingerprint density at radius 2 is 1.93 bits per heavy atom. The molecular weight excluding hydrogens is 432 g/mol. The number of nitrogens with zero attached hydrogens (tertiary/aromatic N) is 4. The number of carbonyl (C=O) groups excluding carboxylic acids is 1. The highest BCUT2D eigenvalue weighted by atomic mass is 35.5. The summed E-state index contributed by atoms with van der Waals surface area (Å²) < 4.78 is 22.2. The van der Waals surface area contributed by atoms with Crippen molar-refractivity contribution in [1.29, 1.82) is 0 Å². The van der Waals surface area contributed by atoms with Crippen LogP contribution in [0.25, 0.3) is 10.2 Å². The van der Waals surface area contributed by atoms with Crippen molar-refractivity contribution < 1.29 is 23.5 Å². The maximum absolute atomic E-state index is 13.1. The number of amides is 1. The fourth-order valence-electron chi connectivity index (χ4n) is 3.20. The summed E-state index contributed by atoms with van der Waals surface area (Å²) in [5.74, 6) is 1.20. The number of methoxy groups -OCH3 is 2. The van der Waals surface area contributed by atoms with E-state index in [2.05, 4.69) is 10.1 Å². The lowest BCUT2D eigenvalue weighted by molar-refractivity contribution is 0.0390. The number of carbonyl (C=O) groups is 1. The molecule has 1 aliphatic rings. The number of morpholine rings is 1. The molecule has 0 radical (unpaired) electrons. The van der Waals surface area contributed by atoms with Gasteiger partial charge in [0.25, 0.3) is 5.91 Å². The summed E-state index contributed by atoms with van der Waals surface area (Å²) in [6.07, 6.45) is 1.46. The molecule has 1 amide bonds. The van der Waals surface area contributed by atoms with E-state index >= 15 is 0 Å². The van der Waals surface area contributed by atoms with E-state index in [9.17, 15) is 4.79 Å². The lowest BCUT2D eigenvalue weighted by atomic mass is 10.3. The van der Waals surface area contributed by atoms with Gasteiger partial charge in [0.05, 0.1) is 33.6 Å². The predicted octanol–water partition coefficient (Wildman–Crippen LogP) is 2.70. The smallest absolute Gasteiger partial charge is 0.298 e. The van der Waals surface area contributed by atoms with Crippen molar-refractivity contribution in [2.24, 2.45) is 0 Å². The molecule has 0 spiro atoms. The normalized spacial score (nSPS) is 14.3. The van der Waals surface area contributed by atoms with E-state index in [1.807, 2.05) is 6.07 Å². The van der Waals surface area contributed by atoms with Crippen LogP contribution in [0.15, 0.2) is 28.9 Å². The molecule has 0 bridgehead atoms. The molecule has 3 aromatic rings. The number of hydrogen-bond donors (Lipinski definition) is 0. The quantitative estimate of drug-likeness (QED) is 0.538. The minimum absolute atomic E-state index is 0. The summed E-state index contributed by atoms with van der Waals surface area (Å²) in [7, 11) is 3.20. The van der Waals surface area contributed by atoms with Crippen LogP contribution in [0.4, 0.5) is 5.13 Å². The Bertz CT molecular complexity index is 934. The number of rotatable bonds is 7. The Balaban J connectivity index is 0.00000256. The Labute approximate surface area is 183 Å². The summed E-state index contributed by atoms with van der Waals surface area (Å²) in [6.45, 7) is 4.24. The van der Waals surface area contributed by atoms with Gasteiger partial charge in [-0.3, -0.25) is 14.6 Å². The van der Waals surface area contributed by atoms with E-state index in [1.54, 1.807) is 31.3 Å². The molecule has 1 saturated heterocycles. The maximum Gasteiger partial charge on any atom is 0.298 e. The predicted molar refractivity (Wildman–Crippen MR) is 115 cm³/mol. The summed E-state index contributed by atoms with van der Waals surface area (Å²) in [6, 6.07) is 5.19. The first kappa shape index (κ1) is 22.3. The van der Waals surface area contributed by atoms with Gasteiger partial charge in [-0.2, -0.15) is 0 Å². The van der Waals surface area contributed by atoms with Crippen LogP contribution in [0.5, 0.6) is 11.5 Å². The second-order valence-corrected chi connectivity index (χ2v) is 7.41. The first-order valence-corrected chi connectivity index (χ1v) is 10.1. The number of fused-ring (bicyclic) bond motifs is 1. The van der Waals surface area contributed by atoms with Crippen LogP contribution in [0.3, 0.4) is 0 Å². The monoisotopic (exact) mass is 454 g/mol. The van der Waals surface area contributed by atoms with Gasteiger partial charge < -0.3 is 18.7 Å². The van der Waals surface area contributed by atoms with Crippen molar-refractivity contribution in [3.8, 4) is 11.5 Å². The third-order valence-corrected chi connectivity index (χ3v) is 5.86. The lowest BCUT2D eigenvalue weighted by Crippen LogP contribution is -2.43. The number of halogens is 1. The number of hydrogen-bond acceptors (Lipinski definition) is 9. The van der Waals surface area contributed by atoms with Crippen molar-refractivity contribution in [1.82, 2.24) is 15.0 Å². The molecule has 0 saturated carbocycles. The molecule has 9 nitrogen and oxygen atoms in total. The first-order chi connectivity index (χ1) is 14.2. The van der Waals surface area contributed by atoms with Crippen molar-refractivity contribution in [2.45, 2.75) is 0 Å². The van der Waals surface area contributed by atoms with Gasteiger partial charge in [0.2, 0.25) is 5.76 Å². The number of thiazole rings is 1. The minimum Gasteiger partial charge on any atom is -0.495 e. The second kappa shape index (κ2) is 10.1. The Hall–Kier alpha value is -2.40. The van der Waals surface area contributed by atoms with Gasteiger partial charge in [0, 0.05) is 32.2 Å². The van der Waals surface area contributed by atoms with Gasteiger partial charge in [-0.25, -0.2) is 4.98 Å². The molecule has 0 unspecified atom stereocenters. The highest BCUT2D eigenvalue weighted by molar-refractivity contribution is 7.22. The van der Waals surface area contributed by atoms with Crippen LogP contribution in [-0.4, -0.2) is 74.6 Å². The highest BCUT2D eigenvalue weighted by Gasteiger charge is 2.26. The summed E-state index contributed by atoms with van der Waals surface area (Å²) in [5, 5.41) is 4.21. The zero-order chi connectivity index (χ0) is 20.2. The fraction of sp³-hybridized carbons (Fsp3) is 0.421. The van der Waals surface area contributed by atoms with Crippen molar-refractivity contribution in [3.05, 3.63) is 30.2 Å². The number of aromatic nitrogens is 2. The molecule has 30 heavy (non-hydrogen) atoms. The van der Waals surface area contributed by atoms with Crippen LogP contribution >= 0.6 is 23.7 Å². The average Bonchev–Trinajstić information content (AvgIpc) is 3.44. The Morgan fingerprint density at radius 1 is 1.20 bits per heavy atom. The molecule has 1 fully saturated rings. The van der Waals surface area contributed by atoms with E-state index in [0.717, 1.165) is 17.8 Å². The molecule has 11 heteroatoms. The molecule has 1 aliphatic heterocycles. The topological polar surface area (TPSA) is 90.2 Å². The van der Waals surface area contributed by atoms with E-state index in [0.29, 0.717) is 48.5 Å².